The smallest absolute Gasteiger partial charge is 0.205 e. The van der Waals surface area contributed by atoms with Crippen LogP contribution in [-0.4, -0.2) is 10.8 Å². The number of ketones is 1. The summed E-state index contributed by atoms with van der Waals surface area (Å²) >= 11 is 1.46. The maximum absolute atomic E-state index is 12.9. The highest BCUT2D eigenvalue weighted by atomic mass is 32.1. The monoisotopic (exact) mass is 388 g/mol. The Labute approximate surface area is 169 Å². The largest absolute Gasteiger partial charge is 0.397 e. The van der Waals surface area contributed by atoms with Gasteiger partial charge in [0.1, 0.15) is 9.71 Å². The molecule has 4 fully saturated rings. The van der Waals surface area contributed by atoms with Crippen LogP contribution in [0.5, 0.6) is 0 Å². The zero-order valence-corrected chi connectivity index (χ0v) is 16.7. The molecule has 142 valence electrons. The molecule has 4 heteroatoms. The Morgan fingerprint density at radius 2 is 1.61 bits per heavy atom. The molecule has 0 unspecified atom stereocenters. The van der Waals surface area contributed by atoms with Gasteiger partial charge in [0.2, 0.25) is 5.78 Å². The van der Waals surface area contributed by atoms with E-state index in [-0.39, 0.29) is 11.2 Å². The minimum absolute atomic E-state index is 0.00236. The average molecular weight is 389 g/mol. The molecule has 4 bridgehead atoms. The van der Waals surface area contributed by atoms with Gasteiger partial charge >= 0.3 is 0 Å². The van der Waals surface area contributed by atoms with Gasteiger partial charge in [-0.1, -0.05) is 30.3 Å². The number of pyridine rings is 1. The molecule has 7 rings (SSSR count). The number of rotatable bonds is 3. The SMILES string of the molecule is Nc1c(C(=O)c2ccccc2)sc2nc(C34CC5CC(CC(C5)C3)C4)ccc12. The molecule has 4 saturated carbocycles. The molecule has 0 saturated heterocycles. The highest BCUT2D eigenvalue weighted by Crippen LogP contribution is 2.60. The van der Waals surface area contributed by atoms with Gasteiger partial charge in [0.05, 0.1) is 5.69 Å². The first-order valence-electron chi connectivity index (χ1n) is 10.4. The number of anilines is 1. The minimum atomic E-state index is -0.00236. The molecule has 0 spiro atoms. The lowest BCUT2D eigenvalue weighted by molar-refractivity contribution is -0.00704. The van der Waals surface area contributed by atoms with Crippen LogP contribution in [-0.2, 0) is 5.41 Å². The molecule has 2 N–H and O–H groups in total. The van der Waals surface area contributed by atoms with Crippen molar-refractivity contribution >= 4 is 33.0 Å². The topological polar surface area (TPSA) is 56.0 Å². The van der Waals surface area contributed by atoms with E-state index in [1.807, 2.05) is 30.3 Å². The predicted octanol–water partition coefficient (Wildman–Crippen LogP) is 5.58. The Morgan fingerprint density at radius 3 is 2.25 bits per heavy atom. The summed E-state index contributed by atoms with van der Waals surface area (Å²) < 4.78 is 0. The van der Waals surface area contributed by atoms with Crippen LogP contribution in [0.2, 0.25) is 0 Å². The van der Waals surface area contributed by atoms with Gasteiger partial charge in [0.25, 0.3) is 0 Å². The summed E-state index contributed by atoms with van der Waals surface area (Å²) in [4.78, 5) is 19.6. The molecule has 0 radical (unpaired) electrons. The van der Waals surface area contributed by atoms with Crippen molar-refractivity contribution in [2.45, 2.75) is 43.9 Å². The Kier molecular flexibility index (Phi) is 3.52. The average Bonchev–Trinajstić information content (AvgIpc) is 3.03. The molecule has 2 aromatic heterocycles. The van der Waals surface area contributed by atoms with E-state index in [9.17, 15) is 4.79 Å². The normalized spacial score (nSPS) is 30.8. The van der Waals surface area contributed by atoms with Gasteiger partial charge in [-0.05, 0) is 68.4 Å². The maximum Gasteiger partial charge on any atom is 0.205 e. The predicted molar refractivity (Wildman–Crippen MR) is 114 cm³/mol. The number of carbonyl (C=O) groups excluding carboxylic acids is 1. The Balaban J connectivity index is 1.42. The van der Waals surface area contributed by atoms with Crippen LogP contribution in [0.15, 0.2) is 42.5 Å². The van der Waals surface area contributed by atoms with Gasteiger partial charge < -0.3 is 5.73 Å². The number of nitrogen functional groups attached to an aromatic ring is 1. The molecule has 3 aromatic rings. The first-order valence-corrected chi connectivity index (χ1v) is 11.2. The molecule has 3 nitrogen and oxygen atoms in total. The number of hydrogen-bond acceptors (Lipinski definition) is 4. The van der Waals surface area contributed by atoms with Crippen LogP contribution in [0.4, 0.5) is 5.69 Å². The zero-order valence-electron chi connectivity index (χ0n) is 15.9. The summed E-state index contributed by atoms with van der Waals surface area (Å²) in [5, 5.41) is 0.928. The Morgan fingerprint density at radius 1 is 0.964 bits per heavy atom. The van der Waals surface area contributed by atoms with E-state index in [1.165, 1.54) is 55.6 Å². The molecule has 1 aromatic carbocycles. The highest BCUT2D eigenvalue weighted by molar-refractivity contribution is 7.21. The molecule has 0 amide bonds. The molecule has 2 heterocycles. The summed E-state index contributed by atoms with van der Waals surface area (Å²) in [6, 6.07) is 13.7. The number of hydrogen-bond donors (Lipinski definition) is 1. The van der Waals surface area contributed by atoms with E-state index in [0.717, 1.165) is 28.0 Å². The number of benzene rings is 1. The van der Waals surface area contributed by atoms with E-state index in [2.05, 4.69) is 12.1 Å². The highest BCUT2D eigenvalue weighted by Gasteiger charge is 2.52. The van der Waals surface area contributed by atoms with Gasteiger partial charge in [-0.3, -0.25) is 4.79 Å². The van der Waals surface area contributed by atoms with Crippen molar-refractivity contribution in [2.75, 3.05) is 5.73 Å². The zero-order chi connectivity index (χ0) is 18.9. The molecule has 4 aliphatic rings. The second kappa shape index (κ2) is 5.90. The number of carbonyl (C=O) groups is 1. The number of thiophene rings is 1. The van der Waals surface area contributed by atoms with E-state index in [1.54, 1.807) is 0 Å². The molecular formula is C24H24N2OS. The van der Waals surface area contributed by atoms with Crippen molar-refractivity contribution in [3.8, 4) is 0 Å². The summed E-state index contributed by atoms with van der Waals surface area (Å²) in [6.45, 7) is 0. The molecule has 4 aliphatic carbocycles. The van der Waals surface area contributed by atoms with Gasteiger partial charge in [0.15, 0.2) is 0 Å². The summed E-state index contributed by atoms with van der Waals surface area (Å²) in [5.41, 5.74) is 9.17. The summed E-state index contributed by atoms with van der Waals surface area (Å²) in [6.07, 6.45) is 8.20. The molecule has 0 atom stereocenters. The van der Waals surface area contributed by atoms with Gasteiger partial charge in [-0.25, -0.2) is 4.98 Å². The fraction of sp³-hybridized carbons (Fsp3) is 0.417. The van der Waals surface area contributed by atoms with E-state index in [4.69, 9.17) is 10.7 Å². The first-order chi connectivity index (χ1) is 13.6. The second-order valence-electron chi connectivity index (χ2n) is 9.29. The Bertz CT molecular complexity index is 1050. The first kappa shape index (κ1) is 16.7. The van der Waals surface area contributed by atoms with E-state index < -0.39 is 0 Å². The summed E-state index contributed by atoms with van der Waals surface area (Å²) in [5.74, 6) is 2.68. The van der Waals surface area contributed by atoms with Crippen LogP contribution < -0.4 is 5.73 Å². The van der Waals surface area contributed by atoms with Crippen LogP contribution in [0.1, 0.15) is 59.5 Å². The van der Waals surface area contributed by atoms with Crippen LogP contribution in [0.3, 0.4) is 0 Å². The number of nitrogens with two attached hydrogens (primary N) is 1. The van der Waals surface area contributed by atoms with E-state index in [0.29, 0.717) is 16.1 Å². The van der Waals surface area contributed by atoms with Gasteiger partial charge in [-0.15, -0.1) is 11.3 Å². The van der Waals surface area contributed by atoms with Crippen molar-refractivity contribution in [3.05, 3.63) is 58.6 Å². The Hall–Kier alpha value is -2.20. The maximum atomic E-state index is 12.9. The van der Waals surface area contributed by atoms with Crippen LogP contribution in [0, 0.1) is 17.8 Å². The fourth-order valence-corrected chi connectivity index (χ4v) is 7.66. The second-order valence-corrected chi connectivity index (χ2v) is 10.3. The van der Waals surface area contributed by atoms with E-state index >= 15 is 0 Å². The number of fused-ring (bicyclic) bond motifs is 1. The van der Waals surface area contributed by atoms with Crippen molar-refractivity contribution in [1.29, 1.82) is 0 Å². The van der Waals surface area contributed by atoms with Crippen molar-refractivity contribution < 1.29 is 4.79 Å². The lowest BCUT2D eigenvalue weighted by atomic mass is 9.49. The lowest BCUT2D eigenvalue weighted by Crippen LogP contribution is -2.48. The quantitative estimate of drug-likeness (QED) is 0.596. The van der Waals surface area contributed by atoms with Gasteiger partial charge in [-0.2, -0.15) is 0 Å². The fourth-order valence-electron chi connectivity index (χ4n) is 6.61. The standard InChI is InChI=1S/C24H24N2OS/c25-20-18-6-7-19(24-11-14-8-15(12-24)10-16(9-14)13-24)26-23(18)28-22(20)21(27)17-4-2-1-3-5-17/h1-7,14-16H,8-13,25H2. The van der Waals surface area contributed by atoms with Crippen LogP contribution >= 0.6 is 11.3 Å². The third kappa shape index (κ3) is 2.40. The third-order valence-corrected chi connectivity index (χ3v) is 8.53. The van der Waals surface area contributed by atoms with Crippen LogP contribution in [0.25, 0.3) is 10.2 Å². The molecular weight excluding hydrogens is 364 g/mol. The molecule has 0 aliphatic heterocycles. The number of nitrogens with zero attached hydrogens (tertiary/aromatic N) is 1. The lowest BCUT2D eigenvalue weighted by Gasteiger charge is -2.56. The van der Waals surface area contributed by atoms with Crippen molar-refractivity contribution in [2.24, 2.45) is 17.8 Å². The third-order valence-electron chi connectivity index (χ3n) is 7.42. The van der Waals surface area contributed by atoms with Gasteiger partial charge in [0, 0.05) is 22.1 Å². The summed E-state index contributed by atoms with van der Waals surface area (Å²) in [7, 11) is 0. The van der Waals surface area contributed by atoms with Crippen molar-refractivity contribution in [3.63, 3.8) is 0 Å². The number of aromatic nitrogens is 1. The molecule has 28 heavy (non-hydrogen) atoms. The van der Waals surface area contributed by atoms with Crippen molar-refractivity contribution in [1.82, 2.24) is 4.98 Å². The minimum Gasteiger partial charge on any atom is -0.397 e.